The second-order valence-electron chi connectivity index (χ2n) is 7.93. The molecular weight excluding hydrogens is 422 g/mol. The standard InChI is InChI=1S/C23H30F6O2/c1-6-8-20(15(4)16(5)30)19(7-2)18-10-9-17(14(3)13-18)11-12-21(31,22(24,25)26)23(27,28)29/h6,8-13,15-16,19-20,30-31H,7H2,1-5H3/b8-6+,12-11+/t15-,16-,19?,20?/m1/s1. The van der Waals surface area contributed by atoms with Gasteiger partial charge in [-0.25, -0.2) is 0 Å². The lowest BCUT2D eigenvalue weighted by Gasteiger charge is -2.31. The number of halogens is 6. The summed E-state index contributed by atoms with van der Waals surface area (Å²) in [5.41, 5.74) is -3.45. The number of allylic oxidation sites excluding steroid dienone is 2. The third-order valence-electron chi connectivity index (χ3n) is 5.78. The Hall–Kier alpha value is -1.80. The first-order valence-electron chi connectivity index (χ1n) is 10.1. The molecule has 0 bridgehead atoms. The van der Waals surface area contributed by atoms with E-state index in [0.29, 0.717) is 11.6 Å². The first-order valence-corrected chi connectivity index (χ1v) is 10.1. The van der Waals surface area contributed by atoms with Gasteiger partial charge in [-0.1, -0.05) is 50.3 Å². The normalized spacial score (nSPS) is 17.8. The molecule has 0 saturated heterocycles. The van der Waals surface area contributed by atoms with Gasteiger partial charge in [-0.3, -0.25) is 0 Å². The van der Waals surface area contributed by atoms with Gasteiger partial charge in [0.15, 0.2) is 0 Å². The number of aliphatic hydroxyl groups excluding tert-OH is 1. The maximum absolute atomic E-state index is 12.9. The molecule has 8 heteroatoms. The van der Waals surface area contributed by atoms with Crippen molar-refractivity contribution in [1.29, 1.82) is 0 Å². The molecule has 0 heterocycles. The zero-order chi connectivity index (χ0) is 24.2. The SMILES string of the molecule is C/C=C/C(C(CC)c1ccc(/C=C/C(O)(C(F)(F)F)C(F)(F)F)c(C)c1)[C@H](C)[C@@H](C)O. The summed E-state index contributed by atoms with van der Waals surface area (Å²) in [4.78, 5) is 0. The smallest absolute Gasteiger partial charge is 0.393 e. The maximum atomic E-state index is 12.9. The molecule has 31 heavy (non-hydrogen) atoms. The van der Waals surface area contributed by atoms with Crippen LogP contribution in [0.25, 0.3) is 6.08 Å². The van der Waals surface area contributed by atoms with Crippen LogP contribution in [-0.4, -0.2) is 34.3 Å². The minimum absolute atomic E-state index is 0.000174. The molecule has 0 aliphatic heterocycles. The molecule has 1 aromatic rings. The monoisotopic (exact) mass is 452 g/mol. The van der Waals surface area contributed by atoms with Gasteiger partial charge in [-0.05, 0) is 67.7 Å². The van der Waals surface area contributed by atoms with Gasteiger partial charge in [0.1, 0.15) is 0 Å². The van der Waals surface area contributed by atoms with Crippen molar-refractivity contribution in [3.63, 3.8) is 0 Å². The van der Waals surface area contributed by atoms with E-state index in [4.69, 9.17) is 0 Å². The summed E-state index contributed by atoms with van der Waals surface area (Å²) in [6.07, 6.45) is -7.36. The van der Waals surface area contributed by atoms with Crippen LogP contribution in [0.2, 0.25) is 0 Å². The van der Waals surface area contributed by atoms with Crippen molar-refractivity contribution in [3.8, 4) is 0 Å². The Morgan fingerprint density at radius 3 is 1.97 bits per heavy atom. The predicted molar refractivity (Wildman–Crippen MR) is 109 cm³/mol. The van der Waals surface area contributed by atoms with Gasteiger partial charge < -0.3 is 10.2 Å². The Labute approximate surface area is 179 Å². The summed E-state index contributed by atoms with van der Waals surface area (Å²) in [5.74, 6) is -0.0641. The van der Waals surface area contributed by atoms with Crippen molar-refractivity contribution in [2.75, 3.05) is 0 Å². The van der Waals surface area contributed by atoms with E-state index in [0.717, 1.165) is 12.0 Å². The van der Waals surface area contributed by atoms with Crippen molar-refractivity contribution in [2.45, 2.75) is 71.0 Å². The molecular formula is C23H30F6O2. The molecule has 0 amide bonds. The Bertz CT molecular complexity index is 763. The van der Waals surface area contributed by atoms with E-state index in [2.05, 4.69) is 0 Å². The van der Waals surface area contributed by atoms with Crippen molar-refractivity contribution in [2.24, 2.45) is 11.8 Å². The molecule has 1 aromatic carbocycles. The van der Waals surface area contributed by atoms with Crippen LogP contribution >= 0.6 is 0 Å². The summed E-state index contributed by atoms with van der Waals surface area (Å²) in [6.45, 7) is 9.06. The number of benzene rings is 1. The van der Waals surface area contributed by atoms with Crippen LogP contribution in [0.3, 0.4) is 0 Å². The summed E-state index contributed by atoms with van der Waals surface area (Å²) in [6, 6.07) is 4.82. The van der Waals surface area contributed by atoms with Crippen LogP contribution in [0, 0.1) is 18.8 Å². The molecule has 2 nitrogen and oxygen atoms in total. The van der Waals surface area contributed by atoms with Crippen LogP contribution in [-0.2, 0) is 0 Å². The molecule has 0 saturated carbocycles. The highest BCUT2D eigenvalue weighted by Gasteiger charge is 2.68. The molecule has 0 fully saturated rings. The molecule has 2 unspecified atom stereocenters. The number of alkyl halides is 6. The number of rotatable bonds is 8. The Balaban J connectivity index is 3.35. The van der Waals surface area contributed by atoms with Crippen molar-refractivity contribution in [1.82, 2.24) is 0 Å². The highest BCUT2D eigenvalue weighted by molar-refractivity contribution is 5.56. The van der Waals surface area contributed by atoms with Gasteiger partial charge in [-0.15, -0.1) is 0 Å². The van der Waals surface area contributed by atoms with E-state index < -0.39 is 24.1 Å². The van der Waals surface area contributed by atoms with Crippen molar-refractivity contribution < 1.29 is 36.6 Å². The fourth-order valence-electron chi connectivity index (χ4n) is 3.63. The Morgan fingerprint density at radius 1 is 1.03 bits per heavy atom. The van der Waals surface area contributed by atoms with Crippen LogP contribution in [0.1, 0.15) is 56.7 Å². The minimum Gasteiger partial charge on any atom is -0.393 e. The first kappa shape index (κ1) is 27.2. The van der Waals surface area contributed by atoms with E-state index in [9.17, 15) is 36.6 Å². The van der Waals surface area contributed by atoms with Gasteiger partial charge in [0.2, 0.25) is 0 Å². The third kappa shape index (κ3) is 6.13. The fraction of sp³-hybridized carbons (Fsp3) is 0.565. The van der Waals surface area contributed by atoms with Crippen LogP contribution in [0.4, 0.5) is 26.3 Å². The highest BCUT2D eigenvalue weighted by atomic mass is 19.4. The quantitative estimate of drug-likeness (QED) is 0.346. The number of aliphatic hydroxyl groups is 2. The molecule has 0 aliphatic rings. The average molecular weight is 452 g/mol. The minimum atomic E-state index is -5.90. The van der Waals surface area contributed by atoms with E-state index >= 15 is 0 Å². The second kappa shape index (κ2) is 10.2. The second-order valence-corrected chi connectivity index (χ2v) is 7.93. The maximum Gasteiger partial charge on any atom is 0.430 e. The number of hydrogen-bond donors (Lipinski definition) is 2. The fourth-order valence-corrected chi connectivity index (χ4v) is 3.63. The van der Waals surface area contributed by atoms with Crippen LogP contribution in [0.15, 0.2) is 36.4 Å². The molecule has 2 N–H and O–H groups in total. The lowest BCUT2D eigenvalue weighted by atomic mass is 9.75. The molecule has 176 valence electrons. The van der Waals surface area contributed by atoms with E-state index in [1.54, 1.807) is 26.0 Å². The van der Waals surface area contributed by atoms with Crippen LogP contribution in [0.5, 0.6) is 0 Å². The Kier molecular flexibility index (Phi) is 8.97. The lowest BCUT2D eigenvalue weighted by molar-refractivity contribution is -0.347. The molecule has 4 atom stereocenters. The van der Waals surface area contributed by atoms with Gasteiger partial charge >= 0.3 is 12.4 Å². The lowest BCUT2D eigenvalue weighted by Crippen LogP contribution is -2.55. The molecule has 0 aliphatic carbocycles. The third-order valence-corrected chi connectivity index (χ3v) is 5.78. The summed E-state index contributed by atoms with van der Waals surface area (Å²) in [7, 11) is 0. The Morgan fingerprint density at radius 2 is 1.58 bits per heavy atom. The highest BCUT2D eigenvalue weighted by Crippen LogP contribution is 2.44. The van der Waals surface area contributed by atoms with Gasteiger partial charge in [0.05, 0.1) is 6.10 Å². The van der Waals surface area contributed by atoms with Crippen molar-refractivity contribution >= 4 is 6.08 Å². The summed E-state index contributed by atoms with van der Waals surface area (Å²) < 4.78 is 77.2. The summed E-state index contributed by atoms with van der Waals surface area (Å²) in [5, 5.41) is 19.3. The zero-order valence-electron chi connectivity index (χ0n) is 18.2. The van der Waals surface area contributed by atoms with Crippen molar-refractivity contribution in [3.05, 3.63) is 53.1 Å². The van der Waals surface area contributed by atoms with E-state index in [1.807, 2.05) is 32.9 Å². The number of hydrogen-bond acceptors (Lipinski definition) is 2. The molecule has 1 rings (SSSR count). The predicted octanol–water partition coefficient (Wildman–Crippen LogP) is 6.57. The molecule has 0 spiro atoms. The van der Waals surface area contributed by atoms with Gasteiger partial charge in [0.25, 0.3) is 5.60 Å². The van der Waals surface area contributed by atoms with E-state index in [1.165, 1.54) is 6.07 Å². The summed E-state index contributed by atoms with van der Waals surface area (Å²) >= 11 is 0. The van der Waals surface area contributed by atoms with E-state index in [-0.39, 0.29) is 29.4 Å². The topological polar surface area (TPSA) is 40.5 Å². The average Bonchev–Trinajstić information content (AvgIpc) is 2.64. The largest absolute Gasteiger partial charge is 0.430 e. The van der Waals surface area contributed by atoms with Gasteiger partial charge in [-0.2, -0.15) is 26.3 Å². The zero-order valence-corrected chi connectivity index (χ0v) is 18.2. The molecule has 0 aromatic heterocycles. The van der Waals surface area contributed by atoms with Gasteiger partial charge in [0, 0.05) is 0 Å². The molecule has 0 radical (unpaired) electrons. The van der Waals surface area contributed by atoms with Crippen LogP contribution < -0.4 is 0 Å². The number of aryl methyl sites for hydroxylation is 1. The first-order chi connectivity index (χ1) is 14.1.